The first-order chi connectivity index (χ1) is 10.4. The van der Waals surface area contributed by atoms with Gasteiger partial charge in [-0.15, -0.1) is 11.8 Å². The quantitative estimate of drug-likeness (QED) is 0.240. The third-order valence-electron chi connectivity index (χ3n) is 3.27. The minimum atomic E-state index is -1.16. The number of thioether (sulfide) groups is 1. The normalized spacial score (nSPS) is 13.2. The number of rotatable bonds is 8. The summed E-state index contributed by atoms with van der Waals surface area (Å²) in [5.41, 5.74) is 0.586. The summed E-state index contributed by atoms with van der Waals surface area (Å²) in [5.74, 6) is -3.14. The van der Waals surface area contributed by atoms with Crippen LogP contribution < -0.4 is 0 Å². The van der Waals surface area contributed by atoms with Crippen LogP contribution in [0.5, 0.6) is 0 Å². The molecular weight excluding hydrogens is 306 g/mol. The zero-order chi connectivity index (χ0) is 16.7. The lowest BCUT2D eigenvalue weighted by Gasteiger charge is -2.21. The highest BCUT2D eigenvalue weighted by atomic mass is 32.2. The first kappa shape index (κ1) is 18.2. The fourth-order valence-electron chi connectivity index (χ4n) is 2.26. The summed E-state index contributed by atoms with van der Waals surface area (Å²) in [7, 11) is 0. The molecule has 22 heavy (non-hydrogen) atoms. The summed E-state index contributed by atoms with van der Waals surface area (Å²) < 4.78 is 4.91. The van der Waals surface area contributed by atoms with Crippen LogP contribution >= 0.6 is 11.8 Å². The molecule has 1 aromatic rings. The highest BCUT2D eigenvalue weighted by molar-refractivity contribution is 7.98. The summed E-state index contributed by atoms with van der Waals surface area (Å²) in [6, 6.07) is 7.06. The van der Waals surface area contributed by atoms with E-state index in [0.717, 1.165) is 4.90 Å². The molecule has 1 aromatic carbocycles. The van der Waals surface area contributed by atoms with Gasteiger partial charge in [-0.2, -0.15) is 0 Å². The molecule has 0 radical (unpaired) electrons. The largest absolute Gasteiger partial charge is 0.465 e. The van der Waals surface area contributed by atoms with Gasteiger partial charge in [0.1, 0.15) is 11.7 Å². The van der Waals surface area contributed by atoms with E-state index in [9.17, 15) is 19.7 Å². The molecule has 0 saturated heterocycles. The second-order valence-corrected chi connectivity index (χ2v) is 5.61. The van der Waals surface area contributed by atoms with Gasteiger partial charge in [0.05, 0.1) is 12.5 Å². The van der Waals surface area contributed by atoms with E-state index in [1.807, 2.05) is 18.4 Å². The van der Waals surface area contributed by atoms with E-state index in [4.69, 9.17) is 4.74 Å². The molecule has 2 atom stereocenters. The average Bonchev–Trinajstić information content (AvgIpc) is 2.46. The van der Waals surface area contributed by atoms with Crippen LogP contribution in [0, 0.1) is 16.0 Å². The number of Topliss-reactive ketones (excluding diaryl/α,β-unsaturated/α-hetero) is 1. The Hall–Kier alpha value is -1.89. The van der Waals surface area contributed by atoms with Gasteiger partial charge in [-0.25, -0.2) is 0 Å². The van der Waals surface area contributed by atoms with Gasteiger partial charge in [0.15, 0.2) is 0 Å². The first-order valence-electron chi connectivity index (χ1n) is 6.83. The Morgan fingerprint density at radius 3 is 2.32 bits per heavy atom. The van der Waals surface area contributed by atoms with Crippen molar-refractivity contribution in [2.45, 2.75) is 24.7 Å². The Morgan fingerprint density at radius 1 is 1.32 bits per heavy atom. The fraction of sp³-hybridized carbons (Fsp3) is 0.467. The molecule has 2 unspecified atom stereocenters. The van der Waals surface area contributed by atoms with E-state index in [1.54, 1.807) is 19.1 Å². The number of nitro groups is 1. The van der Waals surface area contributed by atoms with Gasteiger partial charge in [-0.3, -0.25) is 19.7 Å². The molecule has 120 valence electrons. The molecule has 0 amide bonds. The molecule has 1 rings (SSSR count). The van der Waals surface area contributed by atoms with Crippen LogP contribution in [-0.2, 0) is 14.3 Å². The Labute approximate surface area is 133 Å². The summed E-state index contributed by atoms with van der Waals surface area (Å²) in [6.45, 7) is 2.51. The zero-order valence-electron chi connectivity index (χ0n) is 12.8. The number of ketones is 1. The molecule has 0 spiro atoms. The first-order valence-corrected chi connectivity index (χ1v) is 8.06. The lowest BCUT2D eigenvalue weighted by molar-refractivity contribution is -0.484. The lowest BCUT2D eigenvalue weighted by Crippen LogP contribution is -2.34. The van der Waals surface area contributed by atoms with Gasteiger partial charge in [-0.05, 0) is 37.8 Å². The molecule has 0 N–H and O–H groups in total. The maximum absolute atomic E-state index is 12.0. The second-order valence-electron chi connectivity index (χ2n) is 4.74. The van der Waals surface area contributed by atoms with E-state index < -0.39 is 35.1 Å². The van der Waals surface area contributed by atoms with E-state index in [0.29, 0.717) is 5.56 Å². The monoisotopic (exact) mass is 325 g/mol. The van der Waals surface area contributed by atoms with Crippen LogP contribution in [-0.4, -0.2) is 36.1 Å². The van der Waals surface area contributed by atoms with E-state index in [1.165, 1.54) is 18.7 Å². The second kappa shape index (κ2) is 8.53. The number of nitrogens with zero attached hydrogens (tertiary/aromatic N) is 1. The summed E-state index contributed by atoms with van der Waals surface area (Å²) in [6.07, 6.45) is 1.92. The van der Waals surface area contributed by atoms with E-state index in [2.05, 4.69) is 0 Å². The van der Waals surface area contributed by atoms with Gasteiger partial charge in [0, 0.05) is 9.82 Å². The van der Waals surface area contributed by atoms with Gasteiger partial charge < -0.3 is 4.74 Å². The predicted molar refractivity (Wildman–Crippen MR) is 83.6 cm³/mol. The van der Waals surface area contributed by atoms with Crippen molar-refractivity contribution < 1.29 is 19.2 Å². The van der Waals surface area contributed by atoms with Crippen molar-refractivity contribution in [3.05, 3.63) is 39.9 Å². The van der Waals surface area contributed by atoms with Crippen molar-refractivity contribution >= 4 is 23.5 Å². The van der Waals surface area contributed by atoms with Crippen LogP contribution in [0.3, 0.4) is 0 Å². The van der Waals surface area contributed by atoms with E-state index in [-0.39, 0.29) is 6.61 Å². The number of benzene rings is 1. The predicted octanol–water partition coefficient (Wildman–Crippen LogP) is 2.54. The molecule has 0 aliphatic carbocycles. The van der Waals surface area contributed by atoms with Crippen LogP contribution in [0.1, 0.15) is 25.3 Å². The molecule has 0 aliphatic rings. The molecule has 6 nitrogen and oxygen atoms in total. The summed E-state index contributed by atoms with van der Waals surface area (Å²) >= 11 is 1.54. The summed E-state index contributed by atoms with van der Waals surface area (Å²) in [4.78, 5) is 35.3. The fourth-order valence-corrected chi connectivity index (χ4v) is 2.67. The number of ether oxygens (including phenoxy) is 1. The molecule has 0 aliphatic heterocycles. The third kappa shape index (κ3) is 4.84. The molecule has 0 aromatic heterocycles. The number of esters is 1. The van der Waals surface area contributed by atoms with Gasteiger partial charge >= 0.3 is 5.97 Å². The molecule has 0 heterocycles. The standard InChI is InChI=1S/C15H19NO5S/c1-4-21-15(18)14(10(2)17)13(9-16(19)20)11-5-7-12(22-3)8-6-11/h5-8,13-14H,4,9H2,1-3H3. The van der Waals surface area contributed by atoms with Crippen LogP contribution in [0.15, 0.2) is 29.2 Å². The van der Waals surface area contributed by atoms with E-state index >= 15 is 0 Å². The number of carbonyl (C=O) groups excluding carboxylic acids is 2. The molecule has 7 heteroatoms. The number of hydrogen-bond donors (Lipinski definition) is 0. The Bertz CT molecular complexity index is 543. The van der Waals surface area contributed by atoms with Crippen molar-refractivity contribution in [2.75, 3.05) is 19.4 Å². The Balaban J connectivity index is 3.19. The van der Waals surface area contributed by atoms with Crippen molar-refractivity contribution in [1.29, 1.82) is 0 Å². The Kier molecular flexibility index (Phi) is 7.04. The SMILES string of the molecule is CCOC(=O)C(C(C)=O)C(C[N+](=O)[O-])c1ccc(SC)cc1. The minimum Gasteiger partial charge on any atom is -0.465 e. The maximum Gasteiger partial charge on any atom is 0.317 e. The topological polar surface area (TPSA) is 86.5 Å². The molecule has 0 fully saturated rings. The lowest BCUT2D eigenvalue weighted by atomic mass is 9.83. The zero-order valence-corrected chi connectivity index (χ0v) is 13.6. The highest BCUT2D eigenvalue weighted by Gasteiger charge is 2.37. The minimum absolute atomic E-state index is 0.124. The van der Waals surface area contributed by atoms with Crippen LogP contribution in [0.2, 0.25) is 0 Å². The van der Waals surface area contributed by atoms with Gasteiger partial charge in [0.2, 0.25) is 6.54 Å². The average molecular weight is 325 g/mol. The van der Waals surface area contributed by atoms with Crippen molar-refractivity contribution in [3.8, 4) is 0 Å². The van der Waals surface area contributed by atoms with Gasteiger partial charge in [-0.1, -0.05) is 12.1 Å². The van der Waals surface area contributed by atoms with Crippen LogP contribution in [0.25, 0.3) is 0 Å². The van der Waals surface area contributed by atoms with Crippen LogP contribution in [0.4, 0.5) is 0 Å². The number of carbonyl (C=O) groups is 2. The van der Waals surface area contributed by atoms with Crippen molar-refractivity contribution in [1.82, 2.24) is 0 Å². The van der Waals surface area contributed by atoms with Gasteiger partial charge in [0.25, 0.3) is 0 Å². The Morgan fingerprint density at radius 2 is 1.91 bits per heavy atom. The molecule has 0 saturated carbocycles. The summed E-state index contributed by atoms with van der Waals surface area (Å²) in [5, 5.41) is 11.0. The molecular formula is C15H19NO5S. The molecule has 0 bridgehead atoms. The van der Waals surface area contributed by atoms with Crippen molar-refractivity contribution in [3.63, 3.8) is 0 Å². The van der Waals surface area contributed by atoms with Crippen molar-refractivity contribution in [2.24, 2.45) is 5.92 Å². The third-order valence-corrected chi connectivity index (χ3v) is 4.01. The smallest absolute Gasteiger partial charge is 0.317 e. The maximum atomic E-state index is 12.0. The highest BCUT2D eigenvalue weighted by Crippen LogP contribution is 2.29. The number of hydrogen-bond acceptors (Lipinski definition) is 6.